The summed E-state index contributed by atoms with van der Waals surface area (Å²) >= 11 is 1.59. The molecule has 0 radical (unpaired) electrons. The number of benzene rings is 3. The Morgan fingerprint density at radius 2 is 1.82 bits per heavy atom. The number of para-hydroxylation sites is 1. The van der Waals surface area contributed by atoms with Crippen molar-refractivity contribution in [2.45, 2.75) is 36.6 Å². The maximum atomic E-state index is 12.8. The van der Waals surface area contributed by atoms with Gasteiger partial charge in [-0.05, 0) is 66.4 Å². The van der Waals surface area contributed by atoms with Crippen LogP contribution < -0.4 is 5.32 Å². The zero-order valence-corrected chi connectivity index (χ0v) is 18.7. The van der Waals surface area contributed by atoms with Crippen molar-refractivity contribution >= 4 is 35.3 Å². The van der Waals surface area contributed by atoms with Crippen molar-refractivity contribution in [3.05, 3.63) is 88.5 Å². The van der Waals surface area contributed by atoms with Gasteiger partial charge in [0.25, 0.3) is 0 Å². The molecule has 0 aliphatic rings. The molecule has 8 heteroatoms. The molecule has 0 aliphatic carbocycles. The molecule has 172 valence electrons. The molecule has 0 bridgehead atoms. The van der Waals surface area contributed by atoms with E-state index >= 15 is 0 Å². The van der Waals surface area contributed by atoms with Crippen molar-refractivity contribution < 1.29 is 23.1 Å². The van der Waals surface area contributed by atoms with E-state index in [1.807, 2.05) is 37.3 Å². The molecule has 0 amide bonds. The molecule has 0 saturated carbocycles. The number of thioether (sulfide) groups is 1. The molecule has 3 N–H and O–H groups in total. The Kier molecular flexibility index (Phi) is 7.81. The third-order valence-electron chi connectivity index (χ3n) is 5.14. The molecule has 3 rings (SSSR count). The standard InChI is InChI=1S/C25H23F3N2O2S/c1-16-13-22(11-5-17(16)6-12-23(31)32)33-15-19-4-2-3-18(14-29)24(19)30-21-9-7-20(8-10-21)25(26,27)28/h2-5,7-11,13-14,29-30H,6,12,15H2,1H3,(H,31,32). The lowest BCUT2D eigenvalue weighted by atomic mass is 10.0. The van der Waals surface area contributed by atoms with E-state index < -0.39 is 17.7 Å². The van der Waals surface area contributed by atoms with Crippen molar-refractivity contribution in [2.75, 3.05) is 5.32 Å². The normalized spacial score (nSPS) is 11.3. The lowest BCUT2D eigenvalue weighted by Gasteiger charge is -2.16. The first-order valence-electron chi connectivity index (χ1n) is 10.2. The Morgan fingerprint density at radius 3 is 2.42 bits per heavy atom. The summed E-state index contributed by atoms with van der Waals surface area (Å²) in [6, 6.07) is 16.2. The van der Waals surface area contributed by atoms with E-state index in [9.17, 15) is 18.0 Å². The largest absolute Gasteiger partial charge is 0.481 e. The second-order valence-corrected chi connectivity index (χ2v) is 8.55. The van der Waals surface area contributed by atoms with Gasteiger partial charge in [-0.25, -0.2) is 0 Å². The van der Waals surface area contributed by atoms with E-state index in [2.05, 4.69) is 5.32 Å². The number of hydrogen-bond acceptors (Lipinski definition) is 4. The van der Waals surface area contributed by atoms with Crippen LogP contribution in [0.5, 0.6) is 0 Å². The molecule has 0 unspecified atom stereocenters. The highest BCUT2D eigenvalue weighted by Crippen LogP contribution is 2.33. The summed E-state index contributed by atoms with van der Waals surface area (Å²) in [7, 11) is 0. The highest BCUT2D eigenvalue weighted by atomic mass is 32.2. The number of carboxylic acids is 1. The molecule has 0 spiro atoms. The van der Waals surface area contributed by atoms with Gasteiger partial charge < -0.3 is 15.8 Å². The monoisotopic (exact) mass is 472 g/mol. The number of carboxylic acid groups (broad SMARTS) is 1. The SMILES string of the molecule is Cc1cc(SCc2cccc(C=N)c2Nc2ccc(C(F)(F)F)cc2)ccc1CCC(=O)O. The van der Waals surface area contributed by atoms with Gasteiger partial charge in [-0.1, -0.05) is 24.3 Å². The van der Waals surface area contributed by atoms with Gasteiger partial charge in [0.1, 0.15) is 0 Å². The van der Waals surface area contributed by atoms with Crippen LogP contribution in [-0.4, -0.2) is 17.3 Å². The molecule has 0 aromatic heterocycles. The maximum Gasteiger partial charge on any atom is 0.416 e. The minimum absolute atomic E-state index is 0.0860. The van der Waals surface area contributed by atoms with Crippen molar-refractivity contribution in [1.82, 2.24) is 0 Å². The van der Waals surface area contributed by atoms with Crippen LogP contribution in [0.1, 0.15) is 34.2 Å². The molecule has 0 atom stereocenters. The Morgan fingerprint density at radius 1 is 1.09 bits per heavy atom. The van der Waals surface area contributed by atoms with E-state index in [4.69, 9.17) is 10.5 Å². The molecule has 0 heterocycles. The first kappa shape index (κ1) is 24.4. The minimum atomic E-state index is -4.39. The summed E-state index contributed by atoms with van der Waals surface area (Å²) in [5, 5.41) is 19.8. The van der Waals surface area contributed by atoms with Crippen LogP contribution >= 0.6 is 11.8 Å². The molecular weight excluding hydrogens is 449 g/mol. The van der Waals surface area contributed by atoms with Gasteiger partial charge in [0, 0.05) is 34.5 Å². The zero-order chi connectivity index (χ0) is 24.0. The fraction of sp³-hybridized carbons (Fsp3) is 0.200. The van der Waals surface area contributed by atoms with Crippen LogP contribution in [-0.2, 0) is 23.1 Å². The summed E-state index contributed by atoms with van der Waals surface area (Å²) in [5.41, 5.74) is 4.03. The average Bonchev–Trinajstić information content (AvgIpc) is 2.77. The Bertz CT molecular complexity index is 1150. The number of aliphatic carboxylic acids is 1. The quantitative estimate of drug-likeness (QED) is 0.230. The number of halogens is 3. The first-order chi connectivity index (χ1) is 15.7. The summed E-state index contributed by atoms with van der Waals surface area (Å²) in [6.07, 6.45) is -2.62. The van der Waals surface area contributed by atoms with Gasteiger partial charge >= 0.3 is 12.1 Å². The van der Waals surface area contributed by atoms with E-state index in [-0.39, 0.29) is 6.42 Å². The summed E-state index contributed by atoms with van der Waals surface area (Å²) in [6.45, 7) is 1.95. The fourth-order valence-corrected chi connectivity index (χ4v) is 4.33. The lowest BCUT2D eigenvalue weighted by molar-refractivity contribution is -0.138. The van der Waals surface area contributed by atoms with E-state index in [0.29, 0.717) is 29.1 Å². The minimum Gasteiger partial charge on any atom is -0.481 e. The topological polar surface area (TPSA) is 73.2 Å². The van der Waals surface area contributed by atoms with Gasteiger partial charge in [0.05, 0.1) is 11.3 Å². The Balaban J connectivity index is 1.77. The number of aryl methyl sites for hydroxylation is 2. The van der Waals surface area contributed by atoms with Gasteiger partial charge in [0.15, 0.2) is 0 Å². The van der Waals surface area contributed by atoms with Crippen LogP contribution in [0.2, 0.25) is 0 Å². The third kappa shape index (κ3) is 6.61. The predicted octanol–water partition coefficient (Wildman–Crippen LogP) is 7.06. The Labute approximate surface area is 194 Å². The average molecular weight is 473 g/mol. The van der Waals surface area contributed by atoms with Gasteiger partial charge in [-0.3, -0.25) is 4.79 Å². The van der Waals surface area contributed by atoms with Crippen LogP contribution in [0.15, 0.2) is 65.6 Å². The molecule has 0 saturated heterocycles. The number of nitrogens with one attached hydrogen (secondary N) is 2. The van der Waals surface area contributed by atoms with Crippen LogP contribution in [0, 0.1) is 12.3 Å². The second kappa shape index (κ2) is 10.6. The number of rotatable bonds is 9. The smallest absolute Gasteiger partial charge is 0.416 e. The molecule has 4 nitrogen and oxygen atoms in total. The molecule has 0 fully saturated rings. The van der Waals surface area contributed by atoms with Crippen molar-refractivity contribution in [3.8, 4) is 0 Å². The number of alkyl halides is 3. The predicted molar refractivity (Wildman–Crippen MR) is 126 cm³/mol. The zero-order valence-electron chi connectivity index (χ0n) is 17.9. The number of anilines is 2. The first-order valence-corrected chi connectivity index (χ1v) is 11.2. The summed E-state index contributed by atoms with van der Waals surface area (Å²) in [5.74, 6) is -0.245. The number of hydrogen-bond donors (Lipinski definition) is 3. The van der Waals surface area contributed by atoms with Crippen molar-refractivity contribution in [3.63, 3.8) is 0 Å². The molecular formula is C25H23F3N2O2S. The van der Waals surface area contributed by atoms with E-state index in [1.165, 1.54) is 18.3 Å². The van der Waals surface area contributed by atoms with Crippen LogP contribution in [0.4, 0.5) is 24.5 Å². The van der Waals surface area contributed by atoms with Crippen molar-refractivity contribution in [2.24, 2.45) is 0 Å². The molecule has 33 heavy (non-hydrogen) atoms. The highest BCUT2D eigenvalue weighted by molar-refractivity contribution is 7.98. The Hall–Kier alpha value is -3.26. The highest BCUT2D eigenvalue weighted by Gasteiger charge is 2.30. The fourth-order valence-electron chi connectivity index (χ4n) is 3.34. The summed E-state index contributed by atoms with van der Waals surface area (Å²) < 4.78 is 38.5. The summed E-state index contributed by atoms with van der Waals surface area (Å²) in [4.78, 5) is 11.8. The number of carbonyl (C=O) groups is 1. The van der Waals surface area contributed by atoms with Gasteiger partial charge in [0.2, 0.25) is 0 Å². The van der Waals surface area contributed by atoms with E-state index in [1.54, 1.807) is 17.8 Å². The molecule has 0 aliphatic heterocycles. The van der Waals surface area contributed by atoms with Crippen molar-refractivity contribution in [1.29, 1.82) is 5.41 Å². The third-order valence-corrected chi connectivity index (χ3v) is 6.18. The van der Waals surface area contributed by atoms with E-state index in [0.717, 1.165) is 33.7 Å². The molecule has 3 aromatic carbocycles. The second-order valence-electron chi connectivity index (χ2n) is 7.50. The van der Waals surface area contributed by atoms with Gasteiger partial charge in [-0.2, -0.15) is 13.2 Å². The van der Waals surface area contributed by atoms with Gasteiger partial charge in [-0.15, -0.1) is 11.8 Å². The maximum absolute atomic E-state index is 12.8. The lowest BCUT2D eigenvalue weighted by Crippen LogP contribution is -2.05. The molecule has 3 aromatic rings. The van der Waals surface area contributed by atoms with Crippen LogP contribution in [0.3, 0.4) is 0 Å². The van der Waals surface area contributed by atoms with Crippen LogP contribution in [0.25, 0.3) is 0 Å².